The largest absolute Gasteiger partial charge is 0.492 e. The zero-order valence-corrected chi connectivity index (χ0v) is 25.8. The second-order valence-corrected chi connectivity index (χ2v) is 11.0. The third-order valence-corrected chi connectivity index (χ3v) is 8.00. The lowest BCUT2D eigenvalue weighted by atomic mass is 9.97. The number of nitrogens with zero attached hydrogens (tertiary/aromatic N) is 2. The van der Waals surface area contributed by atoms with Crippen molar-refractivity contribution in [3.63, 3.8) is 0 Å². The number of benzene rings is 2. The number of fused-ring (bicyclic) bond motifs is 1. The summed E-state index contributed by atoms with van der Waals surface area (Å²) in [6, 6.07) is 8.51. The molecule has 4 rings (SSSR count). The zero-order valence-electron chi connectivity index (χ0n) is 21.2. The second-order valence-electron chi connectivity index (χ2n) is 7.99. The van der Waals surface area contributed by atoms with E-state index in [1.165, 1.54) is 29.2 Å². The SMILES string of the molecule is CCOc1ccc([C@H]2C(C(=O)OC)=CN=c3s/c(=C\c4cc(Br)c(OCC)c(I)c4)c(=O)n32)cc1OCC. The Bertz CT molecular complexity index is 1560. The van der Waals surface area contributed by atoms with E-state index in [1.807, 2.05) is 45.0 Å². The quantitative estimate of drug-likeness (QED) is 0.239. The van der Waals surface area contributed by atoms with E-state index < -0.39 is 12.0 Å². The molecule has 0 unspecified atom stereocenters. The number of carbonyl (C=O) groups excluding carboxylic acids is 1. The average Bonchev–Trinajstić information content (AvgIpc) is 3.21. The van der Waals surface area contributed by atoms with E-state index in [0.29, 0.717) is 46.2 Å². The summed E-state index contributed by atoms with van der Waals surface area (Å²) in [6.07, 6.45) is 3.29. The van der Waals surface area contributed by atoms with Crippen LogP contribution in [0.3, 0.4) is 0 Å². The van der Waals surface area contributed by atoms with Crippen LogP contribution in [0.1, 0.15) is 37.9 Å². The van der Waals surface area contributed by atoms with Gasteiger partial charge in [0.2, 0.25) is 0 Å². The smallest absolute Gasteiger partial charge is 0.337 e. The number of hydrogen-bond donors (Lipinski definition) is 0. The van der Waals surface area contributed by atoms with Gasteiger partial charge in [-0.1, -0.05) is 17.4 Å². The van der Waals surface area contributed by atoms with Crippen molar-refractivity contribution < 1.29 is 23.7 Å². The van der Waals surface area contributed by atoms with E-state index >= 15 is 0 Å². The standard InChI is InChI=1S/C27H26BrIN2O6S/c1-5-35-20-9-8-16(13-21(20)36-6-2)23-17(26(33)34-4)14-30-27-31(23)25(32)22(38-27)12-15-10-18(28)24(37-7-3)19(29)11-15/h8-14,23H,5-7H2,1-4H3/b22-12-/t23-/m0/s1. The maximum Gasteiger partial charge on any atom is 0.337 e. The van der Waals surface area contributed by atoms with E-state index in [2.05, 4.69) is 43.5 Å². The molecule has 0 aliphatic carbocycles. The van der Waals surface area contributed by atoms with Crippen LogP contribution in [0.2, 0.25) is 0 Å². The lowest BCUT2D eigenvalue weighted by molar-refractivity contribution is -0.136. The predicted octanol–water partition coefficient (Wildman–Crippen LogP) is 4.58. The Balaban J connectivity index is 1.88. The van der Waals surface area contributed by atoms with Gasteiger partial charge < -0.3 is 18.9 Å². The first kappa shape index (κ1) is 28.4. The molecule has 200 valence electrons. The molecule has 0 radical (unpaired) electrons. The number of ether oxygens (including phenoxy) is 4. The summed E-state index contributed by atoms with van der Waals surface area (Å²) in [4.78, 5) is 31.5. The summed E-state index contributed by atoms with van der Waals surface area (Å²) >= 11 is 7.03. The van der Waals surface area contributed by atoms with Crippen molar-refractivity contribution in [2.45, 2.75) is 26.8 Å². The first-order chi connectivity index (χ1) is 18.3. The Kier molecular flexibility index (Phi) is 9.32. The van der Waals surface area contributed by atoms with Gasteiger partial charge in [0.25, 0.3) is 5.56 Å². The highest BCUT2D eigenvalue weighted by atomic mass is 127. The van der Waals surface area contributed by atoms with Crippen LogP contribution < -0.4 is 29.1 Å². The Morgan fingerprint density at radius 2 is 1.82 bits per heavy atom. The highest BCUT2D eigenvalue weighted by Crippen LogP contribution is 2.35. The fraction of sp³-hybridized carbons (Fsp3) is 0.296. The molecule has 2 heterocycles. The Morgan fingerprint density at radius 1 is 1.11 bits per heavy atom. The van der Waals surface area contributed by atoms with Crippen molar-refractivity contribution in [2.75, 3.05) is 26.9 Å². The molecule has 0 bridgehead atoms. The molecule has 38 heavy (non-hydrogen) atoms. The molecule has 1 aliphatic rings. The van der Waals surface area contributed by atoms with Crippen molar-refractivity contribution in [1.82, 2.24) is 4.57 Å². The van der Waals surface area contributed by atoms with E-state index in [-0.39, 0.29) is 11.1 Å². The van der Waals surface area contributed by atoms with Gasteiger partial charge in [-0.25, -0.2) is 9.79 Å². The number of methoxy groups -OCH3 is 1. The predicted molar refractivity (Wildman–Crippen MR) is 158 cm³/mol. The Morgan fingerprint density at radius 3 is 2.47 bits per heavy atom. The van der Waals surface area contributed by atoms with Gasteiger partial charge in [-0.2, -0.15) is 0 Å². The lowest BCUT2D eigenvalue weighted by Gasteiger charge is -2.23. The normalized spacial score (nSPS) is 14.8. The molecule has 11 heteroatoms. The topological polar surface area (TPSA) is 88.4 Å². The molecular weight excluding hydrogens is 687 g/mol. The number of carbonyl (C=O) groups is 1. The summed E-state index contributed by atoms with van der Waals surface area (Å²) in [5.41, 5.74) is 1.49. The molecule has 3 aromatic rings. The first-order valence-electron chi connectivity index (χ1n) is 11.9. The van der Waals surface area contributed by atoms with Crippen LogP contribution in [-0.4, -0.2) is 37.5 Å². The third kappa shape index (κ3) is 5.69. The van der Waals surface area contributed by atoms with Crippen molar-refractivity contribution in [1.29, 1.82) is 0 Å². The summed E-state index contributed by atoms with van der Waals surface area (Å²) < 4.78 is 26.0. The Labute approximate surface area is 245 Å². The van der Waals surface area contributed by atoms with Gasteiger partial charge in [0.1, 0.15) is 5.75 Å². The van der Waals surface area contributed by atoms with E-state index in [9.17, 15) is 9.59 Å². The molecule has 2 aromatic carbocycles. The molecule has 0 spiro atoms. The molecular formula is C27H26BrIN2O6S. The molecule has 0 saturated carbocycles. The minimum absolute atomic E-state index is 0.247. The summed E-state index contributed by atoms with van der Waals surface area (Å²) in [5.74, 6) is 1.31. The number of esters is 1. The third-order valence-electron chi connectivity index (χ3n) is 5.62. The highest BCUT2D eigenvalue weighted by molar-refractivity contribution is 14.1. The van der Waals surface area contributed by atoms with Crippen LogP contribution in [0.5, 0.6) is 17.2 Å². The number of halogens is 2. The van der Waals surface area contributed by atoms with Gasteiger partial charge in [0.15, 0.2) is 16.3 Å². The molecule has 0 fully saturated rings. The monoisotopic (exact) mass is 712 g/mol. The molecule has 8 nitrogen and oxygen atoms in total. The van der Waals surface area contributed by atoms with E-state index in [1.54, 1.807) is 12.1 Å². The number of thiazole rings is 1. The van der Waals surface area contributed by atoms with Crippen LogP contribution in [0.25, 0.3) is 6.08 Å². The summed E-state index contributed by atoms with van der Waals surface area (Å²) in [5, 5.41) is 0. The van der Waals surface area contributed by atoms with Crippen molar-refractivity contribution in [3.8, 4) is 17.2 Å². The molecule has 1 aliphatic heterocycles. The van der Waals surface area contributed by atoms with E-state index in [0.717, 1.165) is 19.4 Å². The van der Waals surface area contributed by atoms with Gasteiger partial charge in [-0.05, 0) is 101 Å². The molecule has 0 amide bonds. The minimum Gasteiger partial charge on any atom is -0.492 e. The fourth-order valence-electron chi connectivity index (χ4n) is 4.08. The van der Waals surface area contributed by atoms with Crippen LogP contribution in [0, 0.1) is 3.57 Å². The van der Waals surface area contributed by atoms with Gasteiger partial charge in [-0.15, -0.1) is 0 Å². The first-order valence-corrected chi connectivity index (χ1v) is 14.6. The van der Waals surface area contributed by atoms with Crippen LogP contribution in [-0.2, 0) is 9.53 Å². The second kappa shape index (κ2) is 12.5. The molecule has 0 N–H and O–H groups in total. The van der Waals surface area contributed by atoms with Crippen molar-refractivity contribution in [2.24, 2.45) is 4.99 Å². The van der Waals surface area contributed by atoms with Gasteiger partial charge in [0, 0.05) is 6.20 Å². The van der Waals surface area contributed by atoms with E-state index in [4.69, 9.17) is 18.9 Å². The number of rotatable bonds is 9. The van der Waals surface area contributed by atoms with Crippen LogP contribution in [0.4, 0.5) is 0 Å². The number of hydrogen-bond acceptors (Lipinski definition) is 8. The molecule has 0 saturated heterocycles. The fourth-order valence-corrected chi connectivity index (χ4v) is 6.82. The zero-order chi connectivity index (χ0) is 27.4. The van der Waals surface area contributed by atoms with Crippen molar-refractivity contribution >= 4 is 61.9 Å². The van der Waals surface area contributed by atoms with Gasteiger partial charge in [0.05, 0.1) is 51.1 Å². The maximum atomic E-state index is 13.8. The summed E-state index contributed by atoms with van der Waals surface area (Å²) in [6.45, 7) is 7.16. The summed E-state index contributed by atoms with van der Waals surface area (Å²) in [7, 11) is 1.31. The highest BCUT2D eigenvalue weighted by Gasteiger charge is 2.31. The van der Waals surface area contributed by atoms with Crippen LogP contribution >= 0.6 is 49.9 Å². The van der Waals surface area contributed by atoms with Gasteiger partial charge >= 0.3 is 5.97 Å². The van der Waals surface area contributed by atoms with Gasteiger partial charge in [-0.3, -0.25) is 9.36 Å². The number of aromatic nitrogens is 1. The Hall–Kier alpha value is -2.64. The van der Waals surface area contributed by atoms with Crippen LogP contribution in [0.15, 0.2) is 56.4 Å². The molecule has 1 atom stereocenters. The maximum absolute atomic E-state index is 13.8. The average molecular weight is 713 g/mol. The van der Waals surface area contributed by atoms with Crippen molar-refractivity contribution in [3.05, 3.63) is 81.0 Å². The minimum atomic E-state index is -0.747. The molecule has 1 aromatic heterocycles. The lowest BCUT2D eigenvalue weighted by Crippen LogP contribution is -2.39.